The zero-order chi connectivity index (χ0) is 19.1. The van der Waals surface area contributed by atoms with E-state index in [9.17, 15) is 5.26 Å². The highest BCUT2D eigenvalue weighted by Gasteiger charge is 2.10. The first-order chi connectivity index (χ1) is 13.2. The molecule has 0 radical (unpaired) electrons. The van der Waals surface area contributed by atoms with Gasteiger partial charge >= 0.3 is 0 Å². The summed E-state index contributed by atoms with van der Waals surface area (Å²) in [6, 6.07) is 17.5. The van der Waals surface area contributed by atoms with Crippen LogP contribution in [-0.2, 0) is 0 Å². The first-order valence-corrected chi connectivity index (χ1v) is 9.32. The van der Waals surface area contributed by atoms with Crippen molar-refractivity contribution in [2.24, 2.45) is 0 Å². The number of hydrogen-bond acceptors (Lipinski definition) is 6. The van der Waals surface area contributed by atoms with Gasteiger partial charge in [-0.1, -0.05) is 12.1 Å². The molecule has 0 spiro atoms. The molecule has 0 amide bonds. The van der Waals surface area contributed by atoms with Gasteiger partial charge in [-0.25, -0.2) is 4.98 Å². The van der Waals surface area contributed by atoms with Crippen LogP contribution in [0.1, 0.15) is 11.9 Å². The third kappa shape index (κ3) is 4.46. The highest BCUT2D eigenvalue weighted by molar-refractivity contribution is 7.11. The summed E-state index contributed by atoms with van der Waals surface area (Å²) in [4.78, 5) is 4.59. The van der Waals surface area contributed by atoms with Gasteiger partial charge in [-0.3, -0.25) is 0 Å². The van der Waals surface area contributed by atoms with Crippen molar-refractivity contribution in [3.63, 3.8) is 0 Å². The molecule has 0 atom stereocenters. The molecular formula is C21H19N3O2S. The molecule has 136 valence electrons. The van der Waals surface area contributed by atoms with Gasteiger partial charge in [-0.15, -0.1) is 11.3 Å². The van der Waals surface area contributed by atoms with E-state index >= 15 is 0 Å². The Bertz CT molecular complexity index is 972. The predicted octanol–water partition coefficient (Wildman–Crippen LogP) is 5.19. The Hall–Kier alpha value is -3.30. The van der Waals surface area contributed by atoms with Crippen LogP contribution in [0.3, 0.4) is 0 Å². The van der Waals surface area contributed by atoms with Gasteiger partial charge in [0.1, 0.15) is 28.1 Å². The lowest BCUT2D eigenvalue weighted by Crippen LogP contribution is -1.97. The predicted molar refractivity (Wildman–Crippen MR) is 109 cm³/mol. The van der Waals surface area contributed by atoms with Crippen molar-refractivity contribution < 1.29 is 9.47 Å². The number of anilines is 1. The van der Waals surface area contributed by atoms with Gasteiger partial charge in [-0.05, 0) is 43.3 Å². The number of allylic oxidation sites excluding steroid dienone is 1. The van der Waals surface area contributed by atoms with Gasteiger partial charge in [0.2, 0.25) is 0 Å². The van der Waals surface area contributed by atoms with Crippen molar-refractivity contribution in [1.82, 2.24) is 4.98 Å². The van der Waals surface area contributed by atoms with Crippen molar-refractivity contribution >= 4 is 22.6 Å². The number of aromatic nitrogens is 1. The fourth-order valence-electron chi connectivity index (χ4n) is 2.45. The van der Waals surface area contributed by atoms with Gasteiger partial charge < -0.3 is 14.8 Å². The van der Waals surface area contributed by atoms with Crippen molar-refractivity contribution in [1.29, 1.82) is 5.26 Å². The third-order valence-electron chi connectivity index (χ3n) is 3.80. The smallest absolute Gasteiger partial charge is 0.142 e. The number of ether oxygens (including phenoxy) is 2. The van der Waals surface area contributed by atoms with Crippen molar-refractivity contribution in [2.45, 2.75) is 6.92 Å². The average molecular weight is 377 g/mol. The second-order valence-corrected chi connectivity index (χ2v) is 6.37. The van der Waals surface area contributed by atoms with Gasteiger partial charge in [0.15, 0.2) is 0 Å². The summed E-state index contributed by atoms with van der Waals surface area (Å²) in [7, 11) is 1.64. The number of hydrogen-bond donors (Lipinski definition) is 1. The Kier molecular flexibility index (Phi) is 6.08. The molecule has 1 heterocycles. The van der Waals surface area contributed by atoms with Gasteiger partial charge in [0.05, 0.1) is 25.1 Å². The summed E-state index contributed by atoms with van der Waals surface area (Å²) in [5.41, 5.74) is 3.07. The van der Waals surface area contributed by atoms with E-state index in [4.69, 9.17) is 9.47 Å². The van der Waals surface area contributed by atoms with E-state index < -0.39 is 0 Å². The van der Waals surface area contributed by atoms with Crippen LogP contribution in [0.2, 0.25) is 0 Å². The van der Waals surface area contributed by atoms with E-state index in [0.717, 1.165) is 28.4 Å². The molecule has 0 bridgehead atoms. The normalized spacial score (nSPS) is 10.9. The van der Waals surface area contributed by atoms with Gasteiger partial charge in [0, 0.05) is 17.1 Å². The first-order valence-electron chi connectivity index (χ1n) is 8.44. The Morgan fingerprint density at radius 1 is 1.22 bits per heavy atom. The largest absolute Gasteiger partial charge is 0.497 e. The molecular weight excluding hydrogens is 358 g/mol. The van der Waals surface area contributed by atoms with E-state index in [1.165, 1.54) is 11.3 Å². The molecule has 0 saturated heterocycles. The van der Waals surface area contributed by atoms with Crippen molar-refractivity contribution in [3.8, 4) is 28.8 Å². The van der Waals surface area contributed by atoms with Crippen molar-refractivity contribution in [3.05, 3.63) is 65.1 Å². The number of benzene rings is 2. The summed E-state index contributed by atoms with van der Waals surface area (Å²) in [6.07, 6.45) is 1.66. The van der Waals surface area contributed by atoms with Crippen LogP contribution in [-0.4, -0.2) is 18.7 Å². The van der Waals surface area contributed by atoms with Crippen LogP contribution in [0.4, 0.5) is 5.69 Å². The van der Waals surface area contributed by atoms with Crippen LogP contribution < -0.4 is 14.8 Å². The fourth-order valence-corrected chi connectivity index (χ4v) is 3.25. The quantitative estimate of drug-likeness (QED) is 0.574. The van der Waals surface area contributed by atoms with Crippen LogP contribution in [0.25, 0.3) is 16.8 Å². The lowest BCUT2D eigenvalue weighted by atomic mass is 10.2. The number of methoxy groups -OCH3 is 1. The number of nitrogens with zero attached hydrogens (tertiary/aromatic N) is 2. The molecule has 0 saturated carbocycles. The molecule has 0 aliphatic heterocycles. The Balaban J connectivity index is 1.81. The van der Waals surface area contributed by atoms with Gasteiger partial charge in [-0.2, -0.15) is 5.26 Å². The summed E-state index contributed by atoms with van der Waals surface area (Å²) in [5.74, 6) is 1.54. The molecule has 3 aromatic rings. The molecule has 0 fully saturated rings. The molecule has 2 aromatic carbocycles. The lowest BCUT2D eigenvalue weighted by Gasteiger charge is -2.09. The zero-order valence-corrected chi connectivity index (χ0v) is 15.9. The number of para-hydroxylation sites is 2. The third-order valence-corrected chi connectivity index (χ3v) is 4.68. The topological polar surface area (TPSA) is 67.2 Å². The number of thiazole rings is 1. The lowest BCUT2D eigenvalue weighted by molar-refractivity contribution is 0.342. The van der Waals surface area contributed by atoms with E-state index in [1.807, 2.05) is 60.8 Å². The molecule has 27 heavy (non-hydrogen) atoms. The molecule has 0 unspecified atom stereocenters. The molecule has 6 heteroatoms. The van der Waals surface area contributed by atoms with Crippen LogP contribution in [0.5, 0.6) is 11.5 Å². The second-order valence-electron chi connectivity index (χ2n) is 5.51. The fraction of sp³-hybridized carbons (Fsp3) is 0.143. The SMILES string of the molecule is CCOc1ccccc1N/C=C(\C#N)c1nc(-c2ccc(OC)cc2)cs1. The summed E-state index contributed by atoms with van der Waals surface area (Å²) < 4.78 is 10.8. The molecule has 3 rings (SSSR count). The van der Waals surface area contributed by atoms with E-state index in [1.54, 1.807) is 13.3 Å². The zero-order valence-electron chi connectivity index (χ0n) is 15.1. The Labute approximate surface area is 162 Å². The van der Waals surface area contributed by atoms with Gasteiger partial charge in [0.25, 0.3) is 0 Å². The number of nitriles is 1. The maximum absolute atomic E-state index is 9.54. The molecule has 0 aliphatic rings. The maximum atomic E-state index is 9.54. The Morgan fingerprint density at radius 2 is 2.00 bits per heavy atom. The maximum Gasteiger partial charge on any atom is 0.142 e. The summed E-state index contributed by atoms with van der Waals surface area (Å²) >= 11 is 1.43. The minimum absolute atomic E-state index is 0.464. The van der Waals surface area contributed by atoms with E-state index in [-0.39, 0.29) is 0 Å². The summed E-state index contributed by atoms with van der Waals surface area (Å²) in [5, 5.41) is 15.3. The first kappa shape index (κ1) is 18.5. The van der Waals surface area contributed by atoms with Crippen LogP contribution in [0, 0.1) is 11.3 Å². The number of nitrogens with one attached hydrogen (secondary N) is 1. The second kappa shape index (κ2) is 8.88. The summed E-state index contributed by atoms with van der Waals surface area (Å²) in [6.45, 7) is 2.51. The van der Waals surface area contributed by atoms with Crippen LogP contribution in [0.15, 0.2) is 60.1 Å². The molecule has 5 nitrogen and oxygen atoms in total. The van der Waals surface area contributed by atoms with E-state index in [0.29, 0.717) is 17.2 Å². The average Bonchev–Trinajstić information content (AvgIpc) is 3.20. The van der Waals surface area contributed by atoms with E-state index in [2.05, 4.69) is 16.4 Å². The standard InChI is InChI=1S/C21H19N3O2S/c1-3-26-20-7-5-4-6-18(20)23-13-16(12-22)21-24-19(14-27-21)15-8-10-17(25-2)11-9-15/h4-11,13-14,23H,3H2,1-2H3/b16-13+. The minimum Gasteiger partial charge on any atom is -0.497 e. The molecule has 1 aromatic heterocycles. The highest BCUT2D eigenvalue weighted by atomic mass is 32.1. The highest BCUT2D eigenvalue weighted by Crippen LogP contribution is 2.28. The minimum atomic E-state index is 0.464. The monoisotopic (exact) mass is 377 g/mol. The van der Waals surface area contributed by atoms with Crippen LogP contribution >= 0.6 is 11.3 Å². The van der Waals surface area contributed by atoms with Crippen molar-refractivity contribution in [2.75, 3.05) is 19.0 Å². The molecule has 0 aliphatic carbocycles. The number of rotatable bonds is 7. The Morgan fingerprint density at radius 3 is 2.70 bits per heavy atom. The molecule has 1 N–H and O–H groups in total.